The summed E-state index contributed by atoms with van der Waals surface area (Å²) < 4.78 is 8.24. The van der Waals surface area contributed by atoms with E-state index in [0.717, 1.165) is 37.8 Å². The fourth-order valence-electron chi connectivity index (χ4n) is 3.92. The van der Waals surface area contributed by atoms with Crippen molar-refractivity contribution in [3.8, 4) is 5.69 Å². The number of benzene rings is 1. The van der Waals surface area contributed by atoms with Gasteiger partial charge in [0.15, 0.2) is 0 Å². The Morgan fingerprint density at radius 1 is 1.29 bits per heavy atom. The molecule has 5 heteroatoms. The highest BCUT2D eigenvalue weighted by Crippen LogP contribution is 2.22. The first-order valence-electron chi connectivity index (χ1n) is 8.96. The van der Waals surface area contributed by atoms with Crippen LogP contribution in [0, 0.1) is 6.92 Å². The molecular formula is C19H26N4O. The average molecular weight is 326 g/mol. The van der Waals surface area contributed by atoms with Crippen LogP contribution in [0.15, 0.2) is 36.5 Å². The number of fused-ring (bicyclic) bond motifs is 1. The van der Waals surface area contributed by atoms with Crippen molar-refractivity contribution in [2.75, 3.05) is 26.2 Å². The van der Waals surface area contributed by atoms with Crippen molar-refractivity contribution in [2.24, 2.45) is 0 Å². The number of para-hydroxylation sites is 1. The van der Waals surface area contributed by atoms with Gasteiger partial charge in [-0.2, -0.15) is 0 Å². The summed E-state index contributed by atoms with van der Waals surface area (Å²) in [5.41, 5.74) is 2.35. The maximum Gasteiger partial charge on any atom is 0.110 e. The third-order valence-corrected chi connectivity index (χ3v) is 5.17. The highest BCUT2D eigenvalue weighted by Gasteiger charge is 2.31. The zero-order valence-corrected chi connectivity index (χ0v) is 14.3. The van der Waals surface area contributed by atoms with Gasteiger partial charge in [0.2, 0.25) is 0 Å². The summed E-state index contributed by atoms with van der Waals surface area (Å²) in [4.78, 5) is 7.08. The maximum absolute atomic E-state index is 6.02. The lowest BCUT2D eigenvalue weighted by Gasteiger charge is -2.35. The lowest BCUT2D eigenvalue weighted by molar-refractivity contribution is -0.0470. The van der Waals surface area contributed by atoms with Gasteiger partial charge >= 0.3 is 0 Å². The summed E-state index contributed by atoms with van der Waals surface area (Å²) in [6.07, 6.45) is 4.89. The molecule has 1 aromatic carbocycles. The molecular weight excluding hydrogens is 300 g/mol. The fourth-order valence-corrected chi connectivity index (χ4v) is 3.92. The van der Waals surface area contributed by atoms with E-state index in [-0.39, 0.29) is 0 Å². The van der Waals surface area contributed by atoms with Gasteiger partial charge in [0.1, 0.15) is 5.82 Å². The van der Waals surface area contributed by atoms with Gasteiger partial charge in [0, 0.05) is 31.4 Å². The van der Waals surface area contributed by atoms with Gasteiger partial charge in [0.25, 0.3) is 0 Å². The fraction of sp³-hybridized carbons (Fsp3) is 0.526. The summed E-state index contributed by atoms with van der Waals surface area (Å²) >= 11 is 0. The van der Waals surface area contributed by atoms with Gasteiger partial charge in [0.05, 0.1) is 24.6 Å². The molecule has 1 aromatic heterocycles. The van der Waals surface area contributed by atoms with E-state index in [2.05, 4.69) is 44.0 Å². The molecule has 2 aliphatic heterocycles. The number of ether oxygens (including phenoxy) is 1. The first kappa shape index (κ1) is 15.8. The summed E-state index contributed by atoms with van der Waals surface area (Å²) in [5.74, 6) is 1.02. The number of nitrogens with zero attached hydrogens (tertiary/aromatic N) is 3. The van der Waals surface area contributed by atoms with Crippen LogP contribution < -0.4 is 5.32 Å². The number of aryl methyl sites for hydroxylation is 1. The van der Waals surface area contributed by atoms with Gasteiger partial charge in [-0.1, -0.05) is 18.2 Å². The minimum absolute atomic E-state index is 0.300. The van der Waals surface area contributed by atoms with E-state index in [4.69, 9.17) is 4.74 Å². The van der Waals surface area contributed by atoms with Crippen LogP contribution >= 0.6 is 0 Å². The van der Waals surface area contributed by atoms with Crippen molar-refractivity contribution >= 4 is 0 Å². The standard InChI is InChI=1S/C19H26N4O/c1-15-21-11-18(23(15)16-6-3-2-4-7-16)10-20-12-19-13-22-9-5-8-17(22)14-24-19/h2-4,6-7,11,17,19-20H,5,8-10,12-14H2,1H3/t17-,19+/m0/s1. The maximum atomic E-state index is 6.02. The quantitative estimate of drug-likeness (QED) is 0.914. The third-order valence-electron chi connectivity index (χ3n) is 5.17. The molecule has 0 unspecified atom stereocenters. The van der Waals surface area contributed by atoms with Crippen molar-refractivity contribution in [1.82, 2.24) is 19.8 Å². The molecule has 3 heterocycles. The van der Waals surface area contributed by atoms with E-state index >= 15 is 0 Å². The number of aromatic nitrogens is 2. The van der Waals surface area contributed by atoms with E-state index in [1.165, 1.54) is 25.1 Å². The number of imidazole rings is 1. The topological polar surface area (TPSA) is 42.3 Å². The van der Waals surface area contributed by atoms with Crippen molar-refractivity contribution in [1.29, 1.82) is 0 Å². The molecule has 0 radical (unpaired) electrons. The molecule has 4 rings (SSSR count). The lowest BCUT2D eigenvalue weighted by Crippen LogP contribution is -2.49. The van der Waals surface area contributed by atoms with E-state index in [1.807, 2.05) is 19.2 Å². The largest absolute Gasteiger partial charge is 0.374 e. The SMILES string of the molecule is Cc1ncc(CNC[C@@H]2CN3CCC[C@H]3CO2)n1-c1ccccc1. The Morgan fingerprint density at radius 2 is 2.17 bits per heavy atom. The number of hydrogen-bond acceptors (Lipinski definition) is 4. The molecule has 0 aliphatic carbocycles. The second kappa shape index (κ2) is 7.05. The Balaban J connectivity index is 1.35. The molecule has 2 fully saturated rings. The first-order valence-corrected chi connectivity index (χ1v) is 8.96. The van der Waals surface area contributed by atoms with Crippen LogP contribution in [0.1, 0.15) is 24.4 Å². The first-order chi connectivity index (χ1) is 11.8. The van der Waals surface area contributed by atoms with Crippen molar-refractivity contribution in [3.05, 3.63) is 48.0 Å². The van der Waals surface area contributed by atoms with Crippen LogP contribution in [0.3, 0.4) is 0 Å². The summed E-state index contributed by atoms with van der Waals surface area (Å²) in [5, 5.41) is 3.56. The highest BCUT2D eigenvalue weighted by molar-refractivity contribution is 5.35. The van der Waals surface area contributed by atoms with Gasteiger partial charge < -0.3 is 10.1 Å². The zero-order chi connectivity index (χ0) is 16.4. The second-order valence-corrected chi connectivity index (χ2v) is 6.84. The van der Waals surface area contributed by atoms with Crippen LogP contribution in [0.5, 0.6) is 0 Å². The van der Waals surface area contributed by atoms with E-state index < -0.39 is 0 Å². The number of rotatable bonds is 5. The van der Waals surface area contributed by atoms with Gasteiger partial charge in [-0.25, -0.2) is 4.98 Å². The average Bonchev–Trinajstić information content (AvgIpc) is 3.22. The van der Waals surface area contributed by atoms with E-state index in [0.29, 0.717) is 12.1 Å². The van der Waals surface area contributed by atoms with Crippen LogP contribution in [0.4, 0.5) is 0 Å². The summed E-state index contributed by atoms with van der Waals surface area (Å²) in [7, 11) is 0. The van der Waals surface area contributed by atoms with Gasteiger partial charge in [-0.05, 0) is 38.4 Å². The van der Waals surface area contributed by atoms with Gasteiger partial charge in [-0.15, -0.1) is 0 Å². The van der Waals surface area contributed by atoms with Crippen LogP contribution in [0.2, 0.25) is 0 Å². The number of hydrogen-bond donors (Lipinski definition) is 1. The molecule has 5 nitrogen and oxygen atoms in total. The molecule has 1 N–H and O–H groups in total. The Kier molecular flexibility index (Phi) is 4.65. The molecule has 2 aliphatic rings. The normalized spacial score (nSPS) is 24.2. The Labute approximate surface area is 143 Å². The molecule has 2 atom stereocenters. The Hall–Kier alpha value is -1.69. The smallest absolute Gasteiger partial charge is 0.110 e. The number of morpholine rings is 1. The molecule has 0 amide bonds. The zero-order valence-electron chi connectivity index (χ0n) is 14.3. The molecule has 2 aromatic rings. The molecule has 2 saturated heterocycles. The molecule has 24 heavy (non-hydrogen) atoms. The summed E-state index contributed by atoms with van der Waals surface area (Å²) in [6, 6.07) is 11.1. The summed E-state index contributed by atoms with van der Waals surface area (Å²) in [6.45, 7) is 6.95. The third kappa shape index (κ3) is 3.24. The minimum Gasteiger partial charge on any atom is -0.374 e. The molecule has 0 spiro atoms. The monoisotopic (exact) mass is 326 g/mol. The van der Waals surface area contributed by atoms with E-state index in [1.54, 1.807) is 0 Å². The van der Waals surface area contributed by atoms with E-state index in [9.17, 15) is 0 Å². The van der Waals surface area contributed by atoms with Crippen molar-refractivity contribution in [2.45, 2.75) is 38.5 Å². The molecule has 0 bridgehead atoms. The van der Waals surface area contributed by atoms with Crippen LogP contribution in [0.25, 0.3) is 5.69 Å². The van der Waals surface area contributed by atoms with Crippen molar-refractivity contribution in [3.63, 3.8) is 0 Å². The predicted octanol–water partition coefficient (Wildman–Crippen LogP) is 2.13. The molecule has 128 valence electrons. The highest BCUT2D eigenvalue weighted by atomic mass is 16.5. The minimum atomic E-state index is 0.300. The van der Waals surface area contributed by atoms with Crippen LogP contribution in [-0.4, -0.2) is 52.8 Å². The van der Waals surface area contributed by atoms with Gasteiger partial charge in [-0.3, -0.25) is 9.47 Å². The molecule has 0 saturated carbocycles. The van der Waals surface area contributed by atoms with Crippen molar-refractivity contribution < 1.29 is 4.74 Å². The lowest BCUT2D eigenvalue weighted by atomic mass is 10.2. The van der Waals surface area contributed by atoms with Crippen LogP contribution in [-0.2, 0) is 11.3 Å². The second-order valence-electron chi connectivity index (χ2n) is 6.84. The Morgan fingerprint density at radius 3 is 3.04 bits per heavy atom. The Bertz CT molecular complexity index is 669. The predicted molar refractivity (Wildman–Crippen MR) is 94.3 cm³/mol. The number of nitrogens with one attached hydrogen (secondary N) is 1.